The summed E-state index contributed by atoms with van der Waals surface area (Å²) >= 11 is 0. The number of nitrogens with zero attached hydrogens (tertiary/aromatic N) is 2. The van der Waals surface area contributed by atoms with Gasteiger partial charge in [-0.05, 0) is 50.2 Å². The number of allylic oxidation sites excluding steroid dienone is 2. The Bertz CT molecular complexity index is 1060. The Hall–Kier alpha value is -2.92. The zero-order valence-electron chi connectivity index (χ0n) is 21.5. The van der Waals surface area contributed by atoms with Gasteiger partial charge in [0.15, 0.2) is 0 Å². The summed E-state index contributed by atoms with van der Waals surface area (Å²) in [6.07, 6.45) is 11.1. The van der Waals surface area contributed by atoms with Gasteiger partial charge >= 0.3 is 10.2 Å². The highest BCUT2D eigenvalue weighted by Crippen LogP contribution is 2.40. The summed E-state index contributed by atoms with van der Waals surface area (Å²) in [4.78, 5) is 36.5. The van der Waals surface area contributed by atoms with E-state index in [0.29, 0.717) is 26.1 Å². The van der Waals surface area contributed by atoms with E-state index < -0.39 is 22.2 Å². The lowest BCUT2D eigenvalue weighted by atomic mass is 10.2. The fourth-order valence-corrected chi connectivity index (χ4v) is 5.35. The van der Waals surface area contributed by atoms with Gasteiger partial charge in [-0.2, -0.15) is 12.7 Å². The summed E-state index contributed by atoms with van der Waals surface area (Å²) in [5.74, 6) is -0.779. The number of unbranched alkanes of at least 4 members (excludes halogenated alkanes) is 3. The molecule has 1 aromatic rings. The van der Waals surface area contributed by atoms with Crippen molar-refractivity contribution in [2.24, 2.45) is 17.6 Å². The van der Waals surface area contributed by atoms with Gasteiger partial charge < -0.3 is 16.0 Å². The molecule has 0 bridgehead atoms. The second kappa shape index (κ2) is 13.6. The minimum absolute atomic E-state index is 0.0832. The van der Waals surface area contributed by atoms with E-state index in [1.807, 2.05) is 30.3 Å². The Balaban J connectivity index is 0.000000206. The lowest BCUT2D eigenvalue weighted by molar-refractivity contribution is -0.135. The average molecular weight is 534 g/mol. The molecule has 3 amide bonds. The van der Waals surface area contributed by atoms with Crippen molar-refractivity contribution < 1.29 is 22.8 Å². The maximum absolute atomic E-state index is 12.0. The molecule has 0 spiro atoms. The average Bonchev–Trinajstić information content (AvgIpc) is 3.80. The molecule has 4 N–H and O–H groups in total. The van der Waals surface area contributed by atoms with Crippen molar-refractivity contribution in [1.82, 2.24) is 13.9 Å². The zero-order valence-corrected chi connectivity index (χ0v) is 22.3. The Labute approximate surface area is 219 Å². The monoisotopic (exact) mass is 533 g/mol. The molecule has 2 saturated heterocycles. The van der Waals surface area contributed by atoms with Crippen molar-refractivity contribution in [1.29, 1.82) is 0 Å². The normalized spacial score (nSPS) is 22.7. The Kier molecular flexibility index (Phi) is 10.5. The first-order chi connectivity index (χ1) is 17.7. The molecule has 11 heteroatoms. The highest BCUT2D eigenvalue weighted by atomic mass is 32.2. The summed E-state index contributed by atoms with van der Waals surface area (Å²) in [5.41, 5.74) is 6.17. The van der Waals surface area contributed by atoms with Crippen LogP contribution < -0.4 is 15.8 Å². The first kappa shape index (κ1) is 28.6. The topological polar surface area (TPSA) is 142 Å². The molecule has 0 radical (unpaired) electrons. The van der Waals surface area contributed by atoms with Crippen LogP contribution in [0.5, 0.6) is 0 Å². The van der Waals surface area contributed by atoms with Crippen LogP contribution in [0.3, 0.4) is 0 Å². The van der Waals surface area contributed by atoms with Crippen LogP contribution >= 0.6 is 0 Å². The second-order valence-electron chi connectivity index (χ2n) is 9.67. The van der Waals surface area contributed by atoms with Crippen LogP contribution in [0.25, 0.3) is 0 Å². The smallest absolute Gasteiger partial charge is 0.303 e. The van der Waals surface area contributed by atoms with Crippen LogP contribution in [0.15, 0.2) is 42.5 Å². The number of hydrogen-bond donors (Lipinski definition) is 3. The van der Waals surface area contributed by atoms with Crippen molar-refractivity contribution in [3.63, 3.8) is 0 Å². The van der Waals surface area contributed by atoms with Crippen LogP contribution in [-0.2, 0) is 24.6 Å². The minimum Gasteiger partial charge on any atom is -0.376 e. The van der Waals surface area contributed by atoms with Crippen molar-refractivity contribution in [3.05, 3.63) is 42.5 Å². The molecule has 1 aliphatic carbocycles. The van der Waals surface area contributed by atoms with Crippen molar-refractivity contribution >= 4 is 33.6 Å². The molecule has 3 fully saturated rings. The molecule has 1 saturated carbocycles. The summed E-state index contributed by atoms with van der Waals surface area (Å²) < 4.78 is 26.5. The maximum atomic E-state index is 12.0. The molecule has 37 heavy (non-hydrogen) atoms. The first-order valence-corrected chi connectivity index (χ1v) is 14.5. The molecule has 3 aliphatic rings. The molecule has 1 aromatic carbocycles. The Morgan fingerprint density at radius 1 is 1.11 bits per heavy atom. The maximum Gasteiger partial charge on any atom is 0.303 e. The minimum atomic E-state index is -3.54. The Morgan fingerprint density at radius 3 is 2.49 bits per heavy atom. The van der Waals surface area contributed by atoms with Crippen LogP contribution in [0.2, 0.25) is 0 Å². The number of rotatable bonds is 12. The third kappa shape index (κ3) is 9.15. The first-order valence-electron chi connectivity index (χ1n) is 13.1. The fraction of sp³-hybridized carbons (Fsp3) is 0.577. The van der Waals surface area contributed by atoms with E-state index in [-0.39, 0.29) is 30.2 Å². The summed E-state index contributed by atoms with van der Waals surface area (Å²) in [6, 6.07) is 9.06. The molecular formula is C26H39N5O5S. The van der Waals surface area contributed by atoms with E-state index in [4.69, 9.17) is 5.73 Å². The molecule has 10 nitrogen and oxygen atoms in total. The lowest BCUT2D eigenvalue weighted by Gasteiger charge is -2.22. The van der Waals surface area contributed by atoms with Gasteiger partial charge in [-0.3, -0.25) is 14.4 Å². The number of anilines is 1. The standard InChI is InChI=1S/C13H17N3O2.C13H22N2O3S/c14-13(18)11-7-4-8-16(11)12(17)9-15-10-5-2-1-3-6-10;1-2-3-4-5-6-7-11-10-12(11)13(16)14-19(17,18)15-8-9-15/h1-3,5-6,11,15H,4,7-9H2,(H2,14,18);6-7,11-12H,2-5,8-10H2,1H3,(H,14,16)/b;7-6-/t11-;11-,12+/m01/s1. The van der Waals surface area contributed by atoms with E-state index in [0.717, 1.165) is 24.9 Å². The molecule has 4 rings (SSSR count). The quantitative estimate of drug-likeness (QED) is 0.213. The van der Waals surface area contributed by atoms with Gasteiger partial charge in [-0.15, -0.1) is 0 Å². The van der Waals surface area contributed by atoms with Gasteiger partial charge in [0.25, 0.3) is 0 Å². The van der Waals surface area contributed by atoms with Gasteiger partial charge in [0, 0.05) is 31.2 Å². The number of hydrogen-bond acceptors (Lipinski definition) is 6. The number of amides is 3. The van der Waals surface area contributed by atoms with E-state index in [9.17, 15) is 22.8 Å². The van der Waals surface area contributed by atoms with Crippen molar-refractivity contribution in [2.45, 2.75) is 57.9 Å². The fourth-order valence-electron chi connectivity index (χ4n) is 4.26. The van der Waals surface area contributed by atoms with E-state index >= 15 is 0 Å². The predicted octanol–water partition coefficient (Wildman–Crippen LogP) is 2.01. The molecule has 2 aliphatic heterocycles. The number of benzene rings is 1. The van der Waals surface area contributed by atoms with Crippen LogP contribution in [0.1, 0.15) is 51.9 Å². The van der Waals surface area contributed by atoms with Gasteiger partial charge in [0.05, 0.1) is 6.54 Å². The number of carbonyl (C=O) groups is 3. The molecule has 204 valence electrons. The Morgan fingerprint density at radius 2 is 1.84 bits per heavy atom. The van der Waals surface area contributed by atoms with Crippen LogP contribution in [0.4, 0.5) is 5.69 Å². The lowest BCUT2D eigenvalue weighted by Crippen LogP contribution is -2.45. The predicted molar refractivity (Wildman–Crippen MR) is 142 cm³/mol. The molecule has 0 aromatic heterocycles. The number of nitrogens with one attached hydrogen (secondary N) is 2. The number of nitrogens with two attached hydrogens (primary N) is 1. The van der Waals surface area contributed by atoms with E-state index in [2.05, 4.69) is 29.1 Å². The van der Waals surface area contributed by atoms with Gasteiger partial charge in [-0.1, -0.05) is 50.1 Å². The highest BCUT2D eigenvalue weighted by molar-refractivity contribution is 7.87. The third-order valence-corrected chi connectivity index (χ3v) is 8.13. The van der Waals surface area contributed by atoms with E-state index in [1.54, 1.807) is 4.90 Å². The number of primary amides is 1. The zero-order chi connectivity index (χ0) is 26.8. The molecular weight excluding hydrogens is 494 g/mol. The molecule has 0 unspecified atom stereocenters. The molecule has 3 atom stereocenters. The van der Waals surface area contributed by atoms with E-state index in [1.165, 1.54) is 23.6 Å². The number of para-hydroxylation sites is 1. The third-order valence-electron chi connectivity index (χ3n) is 6.63. The van der Waals surface area contributed by atoms with Gasteiger partial charge in [-0.25, -0.2) is 4.72 Å². The highest BCUT2D eigenvalue weighted by Gasteiger charge is 2.44. The summed E-state index contributed by atoms with van der Waals surface area (Å²) in [5, 5.41) is 3.04. The number of carbonyl (C=O) groups excluding carboxylic acids is 3. The van der Waals surface area contributed by atoms with Crippen LogP contribution in [-0.4, -0.2) is 67.6 Å². The van der Waals surface area contributed by atoms with Crippen molar-refractivity contribution in [2.75, 3.05) is 31.5 Å². The van der Waals surface area contributed by atoms with Crippen LogP contribution in [0, 0.1) is 11.8 Å². The number of likely N-dealkylation sites (tertiary alicyclic amines) is 1. The largest absolute Gasteiger partial charge is 0.376 e. The van der Waals surface area contributed by atoms with Crippen molar-refractivity contribution in [3.8, 4) is 0 Å². The molecule has 2 heterocycles. The second-order valence-corrected chi connectivity index (χ2v) is 11.3. The summed E-state index contributed by atoms with van der Waals surface area (Å²) in [7, 11) is -3.54. The van der Waals surface area contributed by atoms with Gasteiger partial charge in [0.1, 0.15) is 6.04 Å². The van der Waals surface area contributed by atoms with Gasteiger partial charge in [0.2, 0.25) is 17.7 Å². The summed E-state index contributed by atoms with van der Waals surface area (Å²) in [6.45, 7) is 4.01. The SMILES string of the molecule is CCCCC/C=C\[C@@H]1C[C@@H]1C(=O)NS(=O)(=O)N1CC1.NC(=O)[C@@H]1CCCN1C(=O)CNc1ccccc1.